The fourth-order valence-corrected chi connectivity index (χ4v) is 3.72. The molecule has 4 nitrogen and oxygen atoms in total. The first-order chi connectivity index (χ1) is 10.0. The lowest BCUT2D eigenvalue weighted by Gasteiger charge is -2.19. The maximum absolute atomic E-state index is 10.9. The number of nitrogens with zero attached hydrogens (tertiary/aromatic N) is 1. The monoisotopic (exact) mass is 287 g/mol. The van der Waals surface area contributed by atoms with Gasteiger partial charge in [-0.05, 0) is 54.9 Å². The topological polar surface area (TPSA) is 69.9 Å². The fourth-order valence-electron chi connectivity index (χ4n) is 3.72. The highest BCUT2D eigenvalue weighted by molar-refractivity contribution is 6.00. The van der Waals surface area contributed by atoms with Crippen molar-refractivity contribution in [1.82, 2.24) is 0 Å². The average Bonchev–Trinajstić information content (AvgIpc) is 2.99. The first-order valence-electron chi connectivity index (χ1n) is 7.67. The number of aromatic hydroxyl groups is 1. The first-order valence-corrected chi connectivity index (χ1v) is 7.67. The molecule has 3 atom stereocenters. The maximum atomic E-state index is 10.9. The lowest BCUT2D eigenvalue weighted by atomic mass is 9.84. The van der Waals surface area contributed by atoms with Crippen molar-refractivity contribution in [3.05, 3.63) is 23.8 Å². The van der Waals surface area contributed by atoms with Crippen molar-refractivity contribution in [3.8, 4) is 5.75 Å². The fraction of sp³-hybridized carbons (Fsp3) is 0.529. The second-order valence-electron chi connectivity index (χ2n) is 6.38. The van der Waals surface area contributed by atoms with Crippen LogP contribution in [0.3, 0.4) is 0 Å². The van der Waals surface area contributed by atoms with E-state index in [2.05, 4.69) is 6.92 Å². The lowest BCUT2D eigenvalue weighted by Crippen LogP contribution is -2.18. The molecule has 2 aliphatic rings. The van der Waals surface area contributed by atoms with Gasteiger partial charge in [-0.15, -0.1) is 0 Å². The minimum atomic E-state index is -0.775. The van der Waals surface area contributed by atoms with Crippen LogP contribution in [0.5, 0.6) is 5.75 Å². The standard InChI is InChI=1S/C17H21NO3/c1-10-2-3-11(8-10)17-13(5-7-16(20)21)14-9-12(19)4-6-15(14)18-17/h4,6,9-11,13,19H,2-3,5,7-8H2,1H3,(H,20,21). The third-order valence-electron chi connectivity index (χ3n) is 4.75. The molecule has 0 saturated heterocycles. The Morgan fingerprint density at radius 3 is 2.86 bits per heavy atom. The highest BCUT2D eigenvalue weighted by Gasteiger charge is 2.35. The van der Waals surface area contributed by atoms with Gasteiger partial charge in [0.05, 0.1) is 5.69 Å². The van der Waals surface area contributed by atoms with Crippen molar-refractivity contribution in [3.63, 3.8) is 0 Å². The molecule has 0 amide bonds. The molecule has 1 fully saturated rings. The molecular formula is C17H21NO3. The molecule has 1 aliphatic carbocycles. The van der Waals surface area contributed by atoms with Gasteiger partial charge in [-0.25, -0.2) is 0 Å². The van der Waals surface area contributed by atoms with Crippen molar-refractivity contribution < 1.29 is 15.0 Å². The molecule has 112 valence electrons. The Kier molecular flexibility index (Phi) is 3.70. The van der Waals surface area contributed by atoms with Crippen LogP contribution in [0.15, 0.2) is 23.2 Å². The van der Waals surface area contributed by atoms with Crippen LogP contribution in [0.25, 0.3) is 0 Å². The molecule has 1 saturated carbocycles. The number of rotatable bonds is 4. The molecule has 21 heavy (non-hydrogen) atoms. The average molecular weight is 287 g/mol. The second-order valence-corrected chi connectivity index (χ2v) is 6.38. The number of carboxylic acid groups (broad SMARTS) is 1. The molecule has 1 heterocycles. The van der Waals surface area contributed by atoms with E-state index in [1.54, 1.807) is 12.1 Å². The zero-order valence-electron chi connectivity index (χ0n) is 12.2. The van der Waals surface area contributed by atoms with Gasteiger partial charge in [-0.3, -0.25) is 9.79 Å². The molecule has 0 radical (unpaired) electrons. The third-order valence-corrected chi connectivity index (χ3v) is 4.75. The maximum Gasteiger partial charge on any atom is 0.303 e. The Morgan fingerprint density at radius 2 is 2.19 bits per heavy atom. The Hall–Kier alpha value is -1.84. The molecule has 0 spiro atoms. The van der Waals surface area contributed by atoms with E-state index in [-0.39, 0.29) is 18.1 Å². The van der Waals surface area contributed by atoms with Gasteiger partial charge in [0.1, 0.15) is 5.75 Å². The van der Waals surface area contributed by atoms with Crippen LogP contribution in [0.2, 0.25) is 0 Å². The zero-order chi connectivity index (χ0) is 15.0. The predicted molar refractivity (Wildman–Crippen MR) is 81.3 cm³/mol. The molecular weight excluding hydrogens is 266 g/mol. The number of phenols is 1. The normalized spacial score (nSPS) is 27.5. The molecule has 1 aromatic carbocycles. The van der Waals surface area contributed by atoms with Gasteiger partial charge in [-0.2, -0.15) is 0 Å². The summed E-state index contributed by atoms with van der Waals surface area (Å²) in [4.78, 5) is 15.7. The summed E-state index contributed by atoms with van der Waals surface area (Å²) in [5.41, 5.74) is 3.03. The summed E-state index contributed by atoms with van der Waals surface area (Å²) in [7, 11) is 0. The third kappa shape index (κ3) is 2.80. The van der Waals surface area contributed by atoms with Crippen LogP contribution in [-0.4, -0.2) is 21.9 Å². The van der Waals surface area contributed by atoms with E-state index in [0.717, 1.165) is 35.7 Å². The highest BCUT2D eigenvalue weighted by atomic mass is 16.4. The molecule has 0 bridgehead atoms. The van der Waals surface area contributed by atoms with Gasteiger partial charge in [-0.1, -0.05) is 13.3 Å². The minimum Gasteiger partial charge on any atom is -0.508 e. The molecule has 1 aromatic rings. The molecule has 1 aliphatic heterocycles. The summed E-state index contributed by atoms with van der Waals surface area (Å²) in [6.45, 7) is 2.26. The molecule has 2 N–H and O–H groups in total. The van der Waals surface area contributed by atoms with E-state index in [9.17, 15) is 9.90 Å². The van der Waals surface area contributed by atoms with Crippen LogP contribution in [0.1, 0.15) is 50.5 Å². The van der Waals surface area contributed by atoms with Crippen LogP contribution in [0, 0.1) is 11.8 Å². The Balaban J connectivity index is 1.89. The van der Waals surface area contributed by atoms with Gasteiger partial charge >= 0.3 is 5.97 Å². The minimum absolute atomic E-state index is 0.0542. The van der Waals surface area contributed by atoms with Gasteiger partial charge in [0, 0.05) is 18.1 Å². The van der Waals surface area contributed by atoms with Crippen molar-refractivity contribution in [2.45, 2.75) is 44.9 Å². The quantitative estimate of drug-likeness (QED) is 0.883. The van der Waals surface area contributed by atoms with Crippen LogP contribution in [-0.2, 0) is 4.79 Å². The number of aliphatic carboxylic acids is 1. The van der Waals surface area contributed by atoms with Crippen molar-refractivity contribution in [2.75, 3.05) is 0 Å². The van der Waals surface area contributed by atoms with E-state index in [4.69, 9.17) is 10.1 Å². The number of carboxylic acids is 1. The lowest BCUT2D eigenvalue weighted by molar-refractivity contribution is -0.137. The van der Waals surface area contributed by atoms with Crippen molar-refractivity contribution in [1.29, 1.82) is 0 Å². The number of phenolic OH excluding ortho intramolecular Hbond substituents is 1. The number of carbonyl (C=O) groups is 1. The van der Waals surface area contributed by atoms with E-state index in [1.165, 1.54) is 6.42 Å². The number of fused-ring (bicyclic) bond motifs is 1. The van der Waals surface area contributed by atoms with E-state index in [1.807, 2.05) is 6.07 Å². The van der Waals surface area contributed by atoms with Crippen LogP contribution in [0.4, 0.5) is 5.69 Å². The summed E-state index contributed by atoms with van der Waals surface area (Å²) in [6.07, 6.45) is 4.21. The number of hydrogen-bond donors (Lipinski definition) is 2. The highest BCUT2D eigenvalue weighted by Crippen LogP contribution is 2.45. The second kappa shape index (κ2) is 5.51. The Bertz CT molecular complexity index is 594. The Labute approximate surface area is 124 Å². The summed E-state index contributed by atoms with van der Waals surface area (Å²) < 4.78 is 0. The van der Waals surface area contributed by atoms with Crippen LogP contribution >= 0.6 is 0 Å². The zero-order valence-corrected chi connectivity index (χ0v) is 12.2. The van der Waals surface area contributed by atoms with Gasteiger partial charge in [0.25, 0.3) is 0 Å². The van der Waals surface area contributed by atoms with Crippen molar-refractivity contribution in [2.24, 2.45) is 16.8 Å². The predicted octanol–water partition coefficient (Wildman–Crippen LogP) is 3.86. The van der Waals surface area contributed by atoms with E-state index >= 15 is 0 Å². The first kappa shape index (κ1) is 14.1. The van der Waals surface area contributed by atoms with E-state index < -0.39 is 5.97 Å². The molecule has 3 unspecified atom stereocenters. The molecule has 4 heteroatoms. The molecule has 3 rings (SSSR count). The summed E-state index contributed by atoms with van der Waals surface area (Å²) in [5, 5.41) is 18.7. The summed E-state index contributed by atoms with van der Waals surface area (Å²) in [5.74, 6) is 0.690. The SMILES string of the molecule is CC1CCC(C2=Nc3ccc(O)cc3C2CCC(=O)O)C1. The summed E-state index contributed by atoms with van der Waals surface area (Å²) >= 11 is 0. The van der Waals surface area contributed by atoms with E-state index in [0.29, 0.717) is 12.3 Å². The number of aliphatic imine (C=N–C) groups is 1. The number of hydrogen-bond acceptors (Lipinski definition) is 3. The summed E-state index contributed by atoms with van der Waals surface area (Å²) in [6, 6.07) is 5.23. The van der Waals surface area contributed by atoms with Gasteiger partial charge in [0.15, 0.2) is 0 Å². The largest absolute Gasteiger partial charge is 0.508 e. The number of benzene rings is 1. The smallest absolute Gasteiger partial charge is 0.303 e. The molecule has 0 aromatic heterocycles. The van der Waals surface area contributed by atoms with Gasteiger partial charge in [0.2, 0.25) is 0 Å². The Morgan fingerprint density at radius 1 is 1.38 bits per heavy atom. The van der Waals surface area contributed by atoms with Crippen molar-refractivity contribution >= 4 is 17.4 Å². The van der Waals surface area contributed by atoms with Gasteiger partial charge < -0.3 is 10.2 Å². The van der Waals surface area contributed by atoms with Crippen LogP contribution < -0.4 is 0 Å².